The van der Waals surface area contributed by atoms with Gasteiger partial charge in [0.1, 0.15) is 5.75 Å². The first-order chi connectivity index (χ1) is 12.2. The summed E-state index contributed by atoms with van der Waals surface area (Å²) >= 11 is 1.79. The fourth-order valence-corrected chi connectivity index (χ4v) is 3.95. The average molecular weight is 355 g/mol. The summed E-state index contributed by atoms with van der Waals surface area (Å²) < 4.78 is 7.68. The van der Waals surface area contributed by atoms with Crippen molar-refractivity contribution in [2.45, 2.75) is 39.1 Å². The topological polar surface area (TPSA) is 56.1 Å². The highest BCUT2D eigenvalue weighted by atomic mass is 32.1. The molecule has 2 aromatic heterocycles. The molecule has 130 valence electrons. The molecule has 25 heavy (non-hydrogen) atoms. The molecule has 1 aromatic carbocycles. The molecule has 0 spiro atoms. The van der Waals surface area contributed by atoms with Gasteiger partial charge in [-0.2, -0.15) is 0 Å². The maximum absolute atomic E-state index is 5.77. The fraction of sp³-hybridized carbons (Fsp3) is 0.389. The predicted octanol–water partition coefficient (Wildman–Crippen LogP) is 3.13. The highest BCUT2D eigenvalue weighted by Crippen LogP contribution is 2.32. The smallest absolute Gasteiger partial charge is 0.173 e. The second-order valence-electron chi connectivity index (χ2n) is 6.45. The van der Waals surface area contributed by atoms with Gasteiger partial charge in [-0.15, -0.1) is 16.4 Å². The third kappa shape index (κ3) is 3.43. The molecule has 1 atom stereocenters. The minimum absolute atomic E-state index is 0.0546. The number of rotatable bonds is 5. The molecule has 0 N–H and O–H groups in total. The van der Waals surface area contributed by atoms with Crippen LogP contribution in [0.15, 0.2) is 41.8 Å². The molecule has 0 saturated carbocycles. The lowest BCUT2D eigenvalue weighted by Gasteiger charge is -2.34. The first kappa shape index (κ1) is 16.2. The summed E-state index contributed by atoms with van der Waals surface area (Å²) in [5, 5.41) is 14.4. The molecule has 0 radical (unpaired) electrons. The molecule has 0 aliphatic carbocycles. The second kappa shape index (κ2) is 6.93. The molecule has 3 aromatic rings. The lowest BCUT2D eigenvalue weighted by molar-refractivity contribution is 0.165. The molecule has 0 amide bonds. The second-order valence-corrected chi connectivity index (χ2v) is 7.48. The van der Waals surface area contributed by atoms with E-state index in [1.165, 1.54) is 10.4 Å². The monoisotopic (exact) mass is 355 g/mol. The molecule has 6 nitrogen and oxygen atoms in total. The van der Waals surface area contributed by atoms with Crippen LogP contribution in [0.25, 0.3) is 0 Å². The third-order valence-corrected chi connectivity index (χ3v) is 5.14. The quantitative estimate of drug-likeness (QED) is 0.704. The zero-order valence-corrected chi connectivity index (χ0v) is 15.2. The van der Waals surface area contributed by atoms with Gasteiger partial charge in [0.05, 0.1) is 18.7 Å². The first-order valence-electron chi connectivity index (χ1n) is 8.50. The van der Waals surface area contributed by atoms with Gasteiger partial charge in [0, 0.05) is 18.0 Å². The number of hydrogen-bond acceptors (Lipinski definition) is 6. The third-order valence-electron chi connectivity index (χ3n) is 4.27. The van der Waals surface area contributed by atoms with Crippen LogP contribution in [0.5, 0.6) is 5.75 Å². The van der Waals surface area contributed by atoms with Crippen molar-refractivity contribution in [1.29, 1.82) is 0 Å². The maximum atomic E-state index is 5.77. The molecule has 3 heterocycles. The van der Waals surface area contributed by atoms with Crippen LogP contribution in [-0.2, 0) is 13.1 Å². The first-order valence-corrected chi connectivity index (χ1v) is 9.38. The zero-order valence-electron chi connectivity index (χ0n) is 14.4. The van der Waals surface area contributed by atoms with Crippen molar-refractivity contribution in [2.24, 2.45) is 0 Å². The van der Waals surface area contributed by atoms with E-state index in [-0.39, 0.29) is 12.1 Å². The largest absolute Gasteiger partial charge is 0.491 e. The van der Waals surface area contributed by atoms with Crippen LogP contribution in [0.2, 0.25) is 0 Å². The van der Waals surface area contributed by atoms with Gasteiger partial charge in [0.15, 0.2) is 5.82 Å². The molecular weight excluding hydrogens is 334 g/mol. The zero-order chi connectivity index (χ0) is 17.2. The number of ether oxygens (including phenoxy) is 1. The summed E-state index contributed by atoms with van der Waals surface area (Å²) in [6, 6.07) is 12.6. The van der Waals surface area contributed by atoms with E-state index in [1.54, 1.807) is 11.3 Å². The van der Waals surface area contributed by atoms with E-state index in [9.17, 15) is 0 Å². The number of nitrogens with zero attached hydrogens (tertiary/aromatic N) is 5. The van der Waals surface area contributed by atoms with Gasteiger partial charge in [-0.05, 0) is 53.4 Å². The number of hydrogen-bond donors (Lipinski definition) is 0. The summed E-state index contributed by atoms with van der Waals surface area (Å²) in [7, 11) is 0. The number of thiophene rings is 1. The lowest BCUT2D eigenvalue weighted by atomic mass is 10.0. The van der Waals surface area contributed by atoms with Crippen molar-refractivity contribution in [1.82, 2.24) is 25.1 Å². The maximum Gasteiger partial charge on any atom is 0.173 e. The lowest BCUT2D eigenvalue weighted by Crippen LogP contribution is -2.38. The Bertz CT molecular complexity index is 812. The van der Waals surface area contributed by atoms with Crippen molar-refractivity contribution < 1.29 is 4.74 Å². The Morgan fingerprint density at radius 3 is 2.76 bits per heavy atom. The Labute approximate surface area is 151 Å². The van der Waals surface area contributed by atoms with Crippen molar-refractivity contribution in [3.63, 3.8) is 0 Å². The molecule has 0 saturated heterocycles. The van der Waals surface area contributed by atoms with Crippen LogP contribution in [0.4, 0.5) is 0 Å². The van der Waals surface area contributed by atoms with E-state index in [2.05, 4.69) is 50.1 Å². The summed E-state index contributed by atoms with van der Waals surface area (Å²) in [5.41, 5.74) is 1.18. The van der Waals surface area contributed by atoms with Crippen LogP contribution < -0.4 is 4.74 Å². The minimum atomic E-state index is 0.0546. The van der Waals surface area contributed by atoms with Crippen molar-refractivity contribution in [2.75, 3.05) is 6.54 Å². The normalized spacial score (nSPS) is 17.6. The summed E-state index contributed by atoms with van der Waals surface area (Å²) in [6.45, 7) is 6.71. The van der Waals surface area contributed by atoms with E-state index in [4.69, 9.17) is 4.74 Å². The molecule has 4 rings (SSSR count). The van der Waals surface area contributed by atoms with Crippen molar-refractivity contribution >= 4 is 11.3 Å². The molecule has 7 heteroatoms. The van der Waals surface area contributed by atoms with Crippen molar-refractivity contribution in [3.8, 4) is 5.75 Å². The Kier molecular flexibility index (Phi) is 4.50. The van der Waals surface area contributed by atoms with Crippen LogP contribution in [0.1, 0.15) is 36.2 Å². The molecule has 0 bridgehead atoms. The SMILES string of the molecule is CC(C)Oc1ccc(C2c3nnnn3CCN2Cc2cccs2)cc1. The van der Waals surface area contributed by atoms with Crippen molar-refractivity contribution in [3.05, 3.63) is 58.0 Å². The minimum Gasteiger partial charge on any atom is -0.491 e. The molecule has 1 unspecified atom stereocenters. The van der Waals surface area contributed by atoms with Crippen LogP contribution in [-0.4, -0.2) is 37.8 Å². The van der Waals surface area contributed by atoms with Crippen LogP contribution in [0, 0.1) is 0 Å². The standard InChI is InChI=1S/C18H21N5OS/c1-13(2)24-15-7-5-14(6-8-15)17-18-19-20-21-23(18)10-9-22(17)12-16-4-3-11-25-16/h3-8,11,13,17H,9-10,12H2,1-2H3. The Balaban J connectivity index is 1.65. The highest BCUT2D eigenvalue weighted by molar-refractivity contribution is 7.09. The summed E-state index contributed by atoms with van der Waals surface area (Å²) in [5.74, 6) is 1.79. The average Bonchev–Trinajstić information content (AvgIpc) is 3.26. The summed E-state index contributed by atoms with van der Waals surface area (Å²) in [6.07, 6.45) is 0.170. The van der Waals surface area contributed by atoms with Gasteiger partial charge >= 0.3 is 0 Å². The van der Waals surface area contributed by atoms with Gasteiger partial charge < -0.3 is 4.74 Å². The van der Waals surface area contributed by atoms with E-state index in [0.29, 0.717) is 0 Å². The van der Waals surface area contributed by atoms with Crippen LogP contribution in [0.3, 0.4) is 0 Å². The van der Waals surface area contributed by atoms with E-state index >= 15 is 0 Å². The van der Waals surface area contributed by atoms with E-state index in [0.717, 1.165) is 31.2 Å². The van der Waals surface area contributed by atoms with Gasteiger partial charge in [-0.3, -0.25) is 4.90 Å². The number of benzene rings is 1. The molecular formula is C18H21N5OS. The number of tetrazole rings is 1. The Morgan fingerprint density at radius 1 is 1.20 bits per heavy atom. The molecule has 0 fully saturated rings. The number of aromatic nitrogens is 4. The Hall–Kier alpha value is -2.25. The van der Waals surface area contributed by atoms with Gasteiger partial charge in [-0.1, -0.05) is 18.2 Å². The van der Waals surface area contributed by atoms with Gasteiger partial charge in [-0.25, -0.2) is 4.68 Å². The fourth-order valence-electron chi connectivity index (χ4n) is 3.22. The Morgan fingerprint density at radius 2 is 2.04 bits per heavy atom. The molecule has 1 aliphatic rings. The van der Waals surface area contributed by atoms with Gasteiger partial charge in [0.25, 0.3) is 0 Å². The highest BCUT2D eigenvalue weighted by Gasteiger charge is 2.32. The molecule has 1 aliphatic heterocycles. The summed E-state index contributed by atoms with van der Waals surface area (Å²) in [4.78, 5) is 3.79. The van der Waals surface area contributed by atoms with Gasteiger partial charge in [0.2, 0.25) is 0 Å². The predicted molar refractivity (Wildman–Crippen MR) is 96.6 cm³/mol. The van der Waals surface area contributed by atoms with E-state index in [1.807, 2.05) is 30.7 Å². The van der Waals surface area contributed by atoms with E-state index < -0.39 is 0 Å². The number of fused-ring (bicyclic) bond motifs is 1. The van der Waals surface area contributed by atoms with Crippen LogP contribution >= 0.6 is 11.3 Å².